The third-order valence-electron chi connectivity index (χ3n) is 3.44. The molecule has 0 aromatic rings. The minimum Gasteiger partial charge on any atom is -0.0996 e. The molecule has 70 valence electrons. The van der Waals surface area contributed by atoms with Gasteiger partial charge < -0.3 is 0 Å². The molecule has 0 N–H and O–H groups in total. The van der Waals surface area contributed by atoms with Gasteiger partial charge in [0.2, 0.25) is 0 Å². The van der Waals surface area contributed by atoms with Crippen molar-refractivity contribution in [3.8, 4) is 0 Å². The van der Waals surface area contributed by atoms with Gasteiger partial charge in [-0.25, -0.2) is 0 Å². The number of hydrogen-bond acceptors (Lipinski definition) is 0. The van der Waals surface area contributed by atoms with Gasteiger partial charge in [0, 0.05) is 0 Å². The van der Waals surface area contributed by atoms with Crippen LogP contribution in [0, 0.1) is 23.7 Å². The molecule has 0 aliphatic heterocycles. The summed E-state index contributed by atoms with van der Waals surface area (Å²) in [7, 11) is 0. The van der Waals surface area contributed by atoms with Gasteiger partial charge in [-0.15, -0.1) is 0 Å². The molecule has 0 heteroatoms. The predicted octanol–water partition coefficient (Wildman–Crippen LogP) is 3.88. The maximum Gasteiger partial charge on any atom is -0.0152 e. The van der Waals surface area contributed by atoms with E-state index in [9.17, 15) is 0 Å². The van der Waals surface area contributed by atoms with Gasteiger partial charge in [-0.2, -0.15) is 0 Å². The fourth-order valence-electron chi connectivity index (χ4n) is 2.98. The normalized spacial score (nSPS) is 36.4. The lowest BCUT2D eigenvalue weighted by Crippen LogP contribution is -2.17. The van der Waals surface area contributed by atoms with E-state index in [0.717, 1.165) is 23.7 Å². The topological polar surface area (TPSA) is 0 Å². The monoisotopic (exact) mass is 166 g/mol. The van der Waals surface area contributed by atoms with E-state index >= 15 is 0 Å². The molecule has 0 saturated heterocycles. The standard InChI is InChI=1S/C12H22/c1-6-11-9(4)7-10(5)12(11)8(2)3/h8-9,11-12H,5-7H2,1-4H3. The molecule has 1 rings (SSSR count). The summed E-state index contributed by atoms with van der Waals surface area (Å²) in [4.78, 5) is 0. The van der Waals surface area contributed by atoms with E-state index in [2.05, 4.69) is 34.3 Å². The molecule has 3 atom stereocenters. The molecule has 0 aromatic heterocycles. The Hall–Kier alpha value is -0.260. The van der Waals surface area contributed by atoms with Crippen LogP contribution in [0.4, 0.5) is 0 Å². The highest BCUT2D eigenvalue weighted by Gasteiger charge is 2.36. The average Bonchev–Trinajstić information content (AvgIpc) is 2.24. The van der Waals surface area contributed by atoms with Crippen molar-refractivity contribution in [2.24, 2.45) is 23.7 Å². The van der Waals surface area contributed by atoms with Crippen LogP contribution in [0.5, 0.6) is 0 Å². The Morgan fingerprint density at radius 3 is 2.42 bits per heavy atom. The molecule has 3 unspecified atom stereocenters. The number of hydrogen-bond donors (Lipinski definition) is 0. The average molecular weight is 166 g/mol. The van der Waals surface area contributed by atoms with Gasteiger partial charge in [0.1, 0.15) is 0 Å². The lowest BCUT2D eigenvalue weighted by molar-refractivity contribution is 0.273. The van der Waals surface area contributed by atoms with E-state index in [4.69, 9.17) is 0 Å². The van der Waals surface area contributed by atoms with Crippen molar-refractivity contribution in [1.29, 1.82) is 0 Å². The van der Waals surface area contributed by atoms with Gasteiger partial charge in [-0.05, 0) is 30.1 Å². The van der Waals surface area contributed by atoms with E-state index in [0.29, 0.717) is 0 Å². The van der Waals surface area contributed by atoms with Crippen molar-refractivity contribution in [2.45, 2.75) is 40.5 Å². The quantitative estimate of drug-likeness (QED) is 0.546. The van der Waals surface area contributed by atoms with E-state index in [1.165, 1.54) is 18.4 Å². The van der Waals surface area contributed by atoms with Gasteiger partial charge in [-0.3, -0.25) is 0 Å². The van der Waals surface area contributed by atoms with Gasteiger partial charge in [0.25, 0.3) is 0 Å². The zero-order chi connectivity index (χ0) is 9.30. The Morgan fingerprint density at radius 1 is 1.50 bits per heavy atom. The van der Waals surface area contributed by atoms with Gasteiger partial charge in [0.15, 0.2) is 0 Å². The smallest absolute Gasteiger partial charge is 0.0152 e. The minimum absolute atomic E-state index is 0.785. The van der Waals surface area contributed by atoms with Gasteiger partial charge >= 0.3 is 0 Å². The summed E-state index contributed by atoms with van der Waals surface area (Å²) >= 11 is 0. The van der Waals surface area contributed by atoms with Crippen LogP contribution in [0.3, 0.4) is 0 Å². The summed E-state index contributed by atoms with van der Waals surface area (Å²) in [5.41, 5.74) is 1.50. The van der Waals surface area contributed by atoms with Crippen LogP contribution in [0.25, 0.3) is 0 Å². The lowest BCUT2D eigenvalue weighted by Gasteiger charge is -2.24. The molecule has 1 aliphatic rings. The minimum atomic E-state index is 0.785. The maximum absolute atomic E-state index is 4.21. The van der Waals surface area contributed by atoms with Crippen molar-refractivity contribution in [3.05, 3.63) is 12.2 Å². The SMILES string of the molecule is C=C1CC(C)C(CC)C1C(C)C. The van der Waals surface area contributed by atoms with Crippen LogP contribution >= 0.6 is 0 Å². The van der Waals surface area contributed by atoms with Gasteiger partial charge in [0.05, 0.1) is 0 Å². The zero-order valence-electron chi connectivity index (χ0n) is 8.93. The number of allylic oxidation sites excluding steroid dienone is 1. The third kappa shape index (κ3) is 1.57. The van der Waals surface area contributed by atoms with Crippen molar-refractivity contribution in [3.63, 3.8) is 0 Å². The zero-order valence-corrected chi connectivity index (χ0v) is 8.93. The summed E-state index contributed by atoms with van der Waals surface area (Å²) in [5, 5.41) is 0. The Bertz CT molecular complexity index is 167. The molecular formula is C12H22. The Morgan fingerprint density at radius 2 is 2.08 bits per heavy atom. The molecule has 0 heterocycles. The lowest BCUT2D eigenvalue weighted by atomic mass is 9.80. The molecule has 1 saturated carbocycles. The summed E-state index contributed by atoms with van der Waals surface area (Å²) < 4.78 is 0. The van der Waals surface area contributed by atoms with Gasteiger partial charge in [-0.1, -0.05) is 46.3 Å². The third-order valence-corrected chi connectivity index (χ3v) is 3.44. The fraction of sp³-hybridized carbons (Fsp3) is 0.833. The first-order valence-electron chi connectivity index (χ1n) is 5.25. The Balaban J connectivity index is 2.75. The van der Waals surface area contributed by atoms with Crippen LogP contribution < -0.4 is 0 Å². The van der Waals surface area contributed by atoms with Crippen LogP contribution in [0.15, 0.2) is 12.2 Å². The van der Waals surface area contributed by atoms with Crippen LogP contribution in [0.1, 0.15) is 40.5 Å². The molecular weight excluding hydrogens is 144 g/mol. The second-order valence-electron chi connectivity index (χ2n) is 4.68. The van der Waals surface area contributed by atoms with Crippen molar-refractivity contribution in [1.82, 2.24) is 0 Å². The predicted molar refractivity (Wildman–Crippen MR) is 55.0 cm³/mol. The fourth-order valence-corrected chi connectivity index (χ4v) is 2.98. The number of rotatable bonds is 2. The molecule has 1 fully saturated rings. The molecule has 12 heavy (non-hydrogen) atoms. The first-order chi connectivity index (χ1) is 5.57. The van der Waals surface area contributed by atoms with E-state index in [-0.39, 0.29) is 0 Å². The molecule has 0 bridgehead atoms. The van der Waals surface area contributed by atoms with E-state index < -0.39 is 0 Å². The second-order valence-corrected chi connectivity index (χ2v) is 4.68. The van der Waals surface area contributed by atoms with Crippen molar-refractivity contribution < 1.29 is 0 Å². The first kappa shape index (κ1) is 9.83. The van der Waals surface area contributed by atoms with Crippen molar-refractivity contribution >= 4 is 0 Å². The van der Waals surface area contributed by atoms with E-state index in [1.54, 1.807) is 0 Å². The largest absolute Gasteiger partial charge is 0.0996 e. The molecule has 0 spiro atoms. The second kappa shape index (κ2) is 3.64. The highest BCUT2D eigenvalue weighted by Crippen LogP contribution is 2.45. The highest BCUT2D eigenvalue weighted by molar-refractivity contribution is 5.11. The molecule has 0 aromatic carbocycles. The van der Waals surface area contributed by atoms with Crippen LogP contribution in [-0.2, 0) is 0 Å². The molecule has 0 amide bonds. The molecule has 1 aliphatic carbocycles. The summed E-state index contributed by atoms with van der Waals surface area (Å²) in [6.45, 7) is 13.6. The van der Waals surface area contributed by atoms with Crippen LogP contribution in [0.2, 0.25) is 0 Å². The highest BCUT2D eigenvalue weighted by atomic mass is 14.4. The molecule has 0 radical (unpaired) electrons. The first-order valence-corrected chi connectivity index (χ1v) is 5.25. The molecule has 0 nitrogen and oxygen atoms in total. The summed E-state index contributed by atoms with van der Waals surface area (Å²) in [6.07, 6.45) is 2.59. The summed E-state index contributed by atoms with van der Waals surface area (Å²) in [5.74, 6) is 3.35. The van der Waals surface area contributed by atoms with Crippen LogP contribution in [-0.4, -0.2) is 0 Å². The maximum atomic E-state index is 4.21. The van der Waals surface area contributed by atoms with E-state index in [1.807, 2.05) is 0 Å². The Kier molecular flexibility index (Phi) is 2.98. The Labute approximate surface area is 77.1 Å². The summed E-state index contributed by atoms with van der Waals surface area (Å²) in [6, 6.07) is 0. The van der Waals surface area contributed by atoms with Crippen molar-refractivity contribution in [2.75, 3.05) is 0 Å².